The number of nitrogens with two attached hydrogens (primary N) is 1. The molecule has 0 aromatic carbocycles. The van der Waals surface area contributed by atoms with Crippen molar-refractivity contribution in [3.8, 4) is 0 Å². The van der Waals surface area contributed by atoms with Gasteiger partial charge in [-0.3, -0.25) is 4.90 Å². The van der Waals surface area contributed by atoms with E-state index < -0.39 is 0 Å². The van der Waals surface area contributed by atoms with Crippen LogP contribution in [0.5, 0.6) is 0 Å². The van der Waals surface area contributed by atoms with Crippen molar-refractivity contribution in [2.45, 2.75) is 13.3 Å². The Balaban J connectivity index is 1.73. The second-order valence-electron chi connectivity index (χ2n) is 4.85. The summed E-state index contributed by atoms with van der Waals surface area (Å²) in [7, 11) is 0. The van der Waals surface area contributed by atoms with E-state index in [-0.39, 0.29) is 5.97 Å². The van der Waals surface area contributed by atoms with Gasteiger partial charge in [0, 0.05) is 19.6 Å². The second kappa shape index (κ2) is 8.21. The molecule has 1 aliphatic heterocycles. The van der Waals surface area contributed by atoms with Crippen LogP contribution in [0.1, 0.15) is 23.0 Å². The van der Waals surface area contributed by atoms with E-state index in [2.05, 4.69) is 10.2 Å². The number of nitrogen functional groups attached to an aromatic ring is 1. The van der Waals surface area contributed by atoms with Crippen molar-refractivity contribution in [2.24, 2.45) is 0 Å². The zero-order valence-corrected chi connectivity index (χ0v) is 13.2. The lowest BCUT2D eigenvalue weighted by molar-refractivity contribution is 0.0378. The number of nitrogens with one attached hydrogen (secondary N) is 1. The predicted molar refractivity (Wildman–Crippen MR) is 85.1 cm³/mol. The van der Waals surface area contributed by atoms with Crippen LogP contribution in [0.25, 0.3) is 0 Å². The summed E-state index contributed by atoms with van der Waals surface area (Å²) in [5.41, 5.74) is 6.32. The topological polar surface area (TPSA) is 76.8 Å². The van der Waals surface area contributed by atoms with E-state index in [0.717, 1.165) is 50.8 Å². The molecule has 3 N–H and O–H groups in total. The lowest BCUT2D eigenvalue weighted by Gasteiger charge is -2.26. The smallest absolute Gasteiger partial charge is 0.350 e. The highest BCUT2D eigenvalue weighted by Crippen LogP contribution is 2.29. The number of carbonyl (C=O) groups is 1. The minimum atomic E-state index is -0.346. The molecule has 0 spiro atoms. The Morgan fingerprint density at radius 3 is 3.00 bits per heavy atom. The number of carbonyl (C=O) groups excluding carboxylic acids is 1. The van der Waals surface area contributed by atoms with Crippen molar-refractivity contribution in [1.82, 2.24) is 4.90 Å². The number of morpholine rings is 1. The molecular formula is C14H23N3O3S. The van der Waals surface area contributed by atoms with Crippen molar-refractivity contribution >= 4 is 28.0 Å². The fourth-order valence-corrected chi connectivity index (χ4v) is 3.09. The average Bonchev–Trinajstić information content (AvgIpc) is 2.86. The summed E-state index contributed by atoms with van der Waals surface area (Å²) >= 11 is 1.35. The quantitative estimate of drug-likeness (QED) is 0.589. The Morgan fingerprint density at radius 1 is 1.52 bits per heavy atom. The lowest BCUT2D eigenvalue weighted by atomic mass is 10.3. The largest absolute Gasteiger partial charge is 0.462 e. The van der Waals surface area contributed by atoms with E-state index in [1.165, 1.54) is 11.3 Å². The third-order valence-corrected chi connectivity index (χ3v) is 4.36. The first-order chi connectivity index (χ1) is 10.2. The monoisotopic (exact) mass is 313 g/mol. The average molecular weight is 313 g/mol. The van der Waals surface area contributed by atoms with Gasteiger partial charge in [-0.2, -0.15) is 0 Å². The number of anilines is 2. The first kappa shape index (κ1) is 16.1. The molecule has 1 aromatic heterocycles. The maximum absolute atomic E-state index is 11.7. The molecule has 6 nitrogen and oxygen atoms in total. The zero-order valence-electron chi connectivity index (χ0n) is 12.4. The molecule has 0 saturated carbocycles. The minimum Gasteiger partial charge on any atom is -0.462 e. The fraction of sp³-hybridized carbons (Fsp3) is 0.643. The molecular weight excluding hydrogens is 290 g/mol. The summed E-state index contributed by atoms with van der Waals surface area (Å²) in [4.78, 5) is 14.6. The molecule has 0 bridgehead atoms. The van der Waals surface area contributed by atoms with Gasteiger partial charge < -0.3 is 20.5 Å². The van der Waals surface area contributed by atoms with Gasteiger partial charge in [-0.15, -0.1) is 11.3 Å². The van der Waals surface area contributed by atoms with Gasteiger partial charge >= 0.3 is 5.97 Å². The van der Waals surface area contributed by atoms with E-state index in [0.29, 0.717) is 17.2 Å². The van der Waals surface area contributed by atoms with E-state index in [4.69, 9.17) is 15.2 Å². The fourth-order valence-electron chi connectivity index (χ4n) is 2.19. The summed E-state index contributed by atoms with van der Waals surface area (Å²) < 4.78 is 10.3. The van der Waals surface area contributed by atoms with E-state index in [1.54, 1.807) is 13.0 Å². The van der Waals surface area contributed by atoms with Crippen LogP contribution in [-0.2, 0) is 9.47 Å². The summed E-state index contributed by atoms with van der Waals surface area (Å²) in [5, 5.41) is 4.23. The Hall–Kier alpha value is -1.31. The summed E-state index contributed by atoms with van der Waals surface area (Å²) in [5.74, 6) is -0.346. The van der Waals surface area contributed by atoms with Crippen LogP contribution in [0, 0.1) is 0 Å². The minimum absolute atomic E-state index is 0.346. The van der Waals surface area contributed by atoms with Gasteiger partial charge in [-0.1, -0.05) is 0 Å². The van der Waals surface area contributed by atoms with Crippen molar-refractivity contribution in [2.75, 3.05) is 57.1 Å². The SMILES string of the molecule is CCOC(=O)c1sc(NCCCN2CCOCC2)cc1N. The van der Waals surface area contributed by atoms with Crippen LogP contribution in [0.3, 0.4) is 0 Å². The number of thiophene rings is 1. The van der Waals surface area contributed by atoms with Crippen molar-refractivity contribution in [3.63, 3.8) is 0 Å². The van der Waals surface area contributed by atoms with E-state index in [1.807, 2.05) is 0 Å². The standard InChI is InChI=1S/C14H23N3O3S/c1-2-20-14(18)13-11(15)10-12(21-13)16-4-3-5-17-6-8-19-9-7-17/h10,16H,2-9,15H2,1H3. The maximum atomic E-state index is 11.7. The van der Waals surface area contributed by atoms with Gasteiger partial charge in [-0.05, 0) is 26.0 Å². The van der Waals surface area contributed by atoms with E-state index >= 15 is 0 Å². The Morgan fingerprint density at radius 2 is 2.29 bits per heavy atom. The van der Waals surface area contributed by atoms with Gasteiger partial charge in [0.15, 0.2) is 0 Å². The molecule has 7 heteroatoms. The first-order valence-electron chi connectivity index (χ1n) is 7.31. The molecule has 1 saturated heterocycles. The molecule has 0 atom stereocenters. The Kier molecular flexibility index (Phi) is 6.28. The first-order valence-corrected chi connectivity index (χ1v) is 8.12. The molecule has 21 heavy (non-hydrogen) atoms. The van der Waals surface area contributed by atoms with Crippen molar-refractivity contribution < 1.29 is 14.3 Å². The molecule has 1 aliphatic rings. The highest BCUT2D eigenvalue weighted by molar-refractivity contribution is 7.18. The third kappa shape index (κ3) is 4.87. The zero-order chi connectivity index (χ0) is 15.1. The molecule has 0 radical (unpaired) electrons. The molecule has 1 aromatic rings. The van der Waals surface area contributed by atoms with Crippen molar-refractivity contribution in [1.29, 1.82) is 0 Å². The second-order valence-corrected chi connectivity index (χ2v) is 5.90. The predicted octanol–water partition coefficient (Wildman–Crippen LogP) is 1.64. The van der Waals surface area contributed by atoms with Crippen LogP contribution in [0.15, 0.2) is 6.07 Å². The normalized spacial score (nSPS) is 15.9. The van der Waals surface area contributed by atoms with Crippen LogP contribution in [0.2, 0.25) is 0 Å². The van der Waals surface area contributed by atoms with Gasteiger partial charge in [-0.25, -0.2) is 4.79 Å². The molecule has 2 rings (SSSR count). The molecule has 118 valence electrons. The van der Waals surface area contributed by atoms with Crippen LogP contribution in [0.4, 0.5) is 10.7 Å². The summed E-state index contributed by atoms with van der Waals surface area (Å²) in [6.07, 6.45) is 1.05. The maximum Gasteiger partial charge on any atom is 0.350 e. The molecule has 0 amide bonds. The Labute approximate surface area is 129 Å². The highest BCUT2D eigenvalue weighted by Gasteiger charge is 2.15. The number of nitrogens with zero attached hydrogens (tertiary/aromatic N) is 1. The highest BCUT2D eigenvalue weighted by atomic mass is 32.1. The molecule has 1 fully saturated rings. The van der Waals surface area contributed by atoms with Crippen LogP contribution in [-0.4, -0.2) is 56.9 Å². The van der Waals surface area contributed by atoms with Crippen LogP contribution >= 0.6 is 11.3 Å². The van der Waals surface area contributed by atoms with Gasteiger partial charge in [0.1, 0.15) is 4.88 Å². The number of hydrogen-bond donors (Lipinski definition) is 2. The molecule has 0 aliphatic carbocycles. The van der Waals surface area contributed by atoms with Gasteiger partial charge in [0.25, 0.3) is 0 Å². The van der Waals surface area contributed by atoms with E-state index in [9.17, 15) is 4.79 Å². The number of hydrogen-bond acceptors (Lipinski definition) is 7. The number of esters is 1. The lowest BCUT2D eigenvalue weighted by Crippen LogP contribution is -2.37. The van der Waals surface area contributed by atoms with Crippen molar-refractivity contribution in [3.05, 3.63) is 10.9 Å². The molecule has 0 unspecified atom stereocenters. The summed E-state index contributed by atoms with van der Waals surface area (Å²) in [6, 6.07) is 1.80. The van der Waals surface area contributed by atoms with Gasteiger partial charge in [0.05, 0.1) is 30.5 Å². The van der Waals surface area contributed by atoms with Crippen LogP contribution < -0.4 is 11.1 Å². The summed E-state index contributed by atoms with van der Waals surface area (Å²) in [6.45, 7) is 7.75. The Bertz CT molecular complexity index is 458. The van der Waals surface area contributed by atoms with Gasteiger partial charge in [0.2, 0.25) is 0 Å². The number of rotatable bonds is 7. The number of ether oxygens (including phenoxy) is 2. The molecule has 2 heterocycles. The third-order valence-electron chi connectivity index (χ3n) is 3.28.